The van der Waals surface area contributed by atoms with E-state index < -0.39 is 36.5 Å². The van der Waals surface area contributed by atoms with E-state index in [4.69, 9.17) is 4.74 Å². The lowest BCUT2D eigenvalue weighted by Gasteiger charge is -2.22. The van der Waals surface area contributed by atoms with Crippen LogP contribution in [0.5, 0.6) is 11.5 Å². The zero-order chi connectivity index (χ0) is 22.6. The van der Waals surface area contributed by atoms with Gasteiger partial charge in [0.2, 0.25) is 5.91 Å². The average molecular weight is 433 g/mol. The fourth-order valence-corrected chi connectivity index (χ4v) is 3.22. The van der Waals surface area contributed by atoms with Crippen molar-refractivity contribution in [3.05, 3.63) is 59.7 Å². The van der Waals surface area contributed by atoms with Crippen molar-refractivity contribution in [2.24, 2.45) is 0 Å². The molecule has 8 nitrogen and oxygen atoms in total. The van der Waals surface area contributed by atoms with Crippen molar-refractivity contribution in [1.82, 2.24) is 15.5 Å². The highest BCUT2D eigenvalue weighted by molar-refractivity contribution is 6.09. The molecule has 2 N–H and O–H groups in total. The Morgan fingerprint density at radius 3 is 2.52 bits per heavy atom. The Kier molecular flexibility index (Phi) is 6.38. The van der Waals surface area contributed by atoms with Gasteiger partial charge in [0.15, 0.2) is 11.5 Å². The van der Waals surface area contributed by atoms with Crippen LogP contribution in [-0.4, -0.2) is 43.0 Å². The lowest BCUT2D eigenvalue weighted by atomic mass is 9.92. The van der Waals surface area contributed by atoms with Crippen LogP contribution in [-0.2, 0) is 21.7 Å². The Hall–Kier alpha value is -3.69. The molecular formula is C21H21F2N3O5. The standard InChI is InChI=1S/C21H21F2N3O5/c1-21(14-6-4-3-5-7-14)18(28)26(20(29)25-21)12-17(27)24-11-13-8-9-15(31-19(22)23)16(10-13)30-2/h3-10,19H,11-12H2,1-2H3,(H,24,27)(H,25,29). The van der Waals surface area contributed by atoms with Crippen molar-refractivity contribution in [3.8, 4) is 11.5 Å². The number of amides is 4. The first-order valence-corrected chi connectivity index (χ1v) is 9.32. The molecule has 1 aliphatic heterocycles. The predicted molar refractivity (Wildman–Crippen MR) is 106 cm³/mol. The highest BCUT2D eigenvalue weighted by Gasteiger charge is 2.49. The molecule has 164 valence electrons. The molecular weight excluding hydrogens is 412 g/mol. The number of methoxy groups -OCH3 is 1. The predicted octanol–water partition coefficient (Wildman–Crippen LogP) is 2.38. The third-order valence-corrected chi connectivity index (χ3v) is 4.86. The number of nitrogens with one attached hydrogen (secondary N) is 2. The smallest absolute Gasteiger partial charge is 0.387 e. The number of hydrogen-bond donors (Lipinski definition) is 2. The number of benzene rings is 2. The molecule has 0 spiro atoms. The Morgan fingerprint density at radius 2 is 1.87 bits per heavy atom. The summed E-state index contributed by atoms with van der Waals surface area (Å²) in [7, 11) is 1.30. The molecule has 0 radical (unpaired) electrons. The van der Waals surface area contributed by atoms with E-state index in [0.29, 0.717) is 11.1 Å². The second kappa shape index (κ2) is 8.99. The summed E-state index contributed by atoms with van der Waals surface area (Å²) >= 11 is 0. The van der Waals surface area contributed by atoms with E-state index in [0.717, 1.165) is 4.90 Å². The average Bonchev–Trinajstić information content (AvgIpc) is 2.97. The van der Waals surface area contributed by atoms with Crippen LogP contribution in [0.2, 0.25) is 0 Å². The van der Waals surface area contributed by atoms with Crippen molar-refractivity contribution in [2.45, 2.75) is 25.6 Å². The quantitative estimate of drug-likeness (QED) is 0.623. The van der Waals surface area contributed by atoms with Gasteiger partial charge >= 0.3 is 12.6 Å². The molecule has 2 aromatic rings. The zero-order valence-electron chi connectivity index (χ0n) is 16.9. The SMILES string of the molecule is COc1cc(CNC(=O)CN2C(=O)NC(C)(c3ccccc3)C2=O)ccc1OC(F)F. The Balaban J connectivity index is 1.62. The van der Waals surface area contributed by atoms with Crippen molar-refractivity contribution in [3.63, 3.8) is 0 Å². The van der Waals surface area contributed by atoms with Gasteiger partial charge in [-0.15, -0.1) is 0 Å². The first-order chi connectivity index (χ1) is 14.7. The molecule has 0 saturated carbocycles. The normalized spacial score (nSPS) is 18.2. The highest BCUT2D eigenvalue weighted by Crippen LogP contribution is 2.30. The maximum Gasteiger partial charge on any atom is 0.387 e. The summed E-state index contributed by atoms with van der Waals surface area (Å²) in [5.74, 6) is -1.14. The Morgan fingerprint density at radius 1 is 1.16 bits per heavy atom. The van der Waals surface area contributed by atoms with Crippen LogP contribution >= 0.6 is 0 Å². The van der Waals surface area contributed by atoms with Crippen molar-refractivity contribution in [2.75, 3.05) is 13.7 Å². The first kappa shape index (κ1) is 22.0. The minimum absolute atomic E-state index is 0.0315. The minimum Gasteiger partial charge on any atom is -0.493 e. The number of carbonyl (C=O) groups excluding carboxylic acids is 3. The Labute approximate surface area is 177 Å². The van der Waals surface area contributed by atoms with Gasteiger partial charge in [0.1, 0.15) is 12.1 Å². The first-order valence-electron chi connectivity index (χ1n) is 9.32. The molecule has 2 aromatic carbocycles. The van der Waals surface area contributed by atoms with E-state index in [-0.39, 0.29) is 18.0 Å². The van der Waals surface area contributed by atoms with E-state index in [2.05, 4.69) is 15.4 Å². The van der Waals surface area contributed by atoms with Gasteiger partial charge in [-0.25, -0.2) is 4.79 Å². The van der Waals surface area contributed by atoms with Gasteiger partial charge in [0.25, 0.3) is 5.91 Å². The van der Waals surface area contributed by atoms with Crippen LogP contribution in [0, 0.1) is 0 Å². The lowest BCUT2D eigenvalue weighted by Crippen LogP contribution is -2.43. The number of rotatable bonds is 8. The maximum atomic E-state index is 12.8. The summed E-state index contributed by atoms with van der Waals surface area (Å²) in [4.78, 5) is 38.3. The lowest BCUT2D eigenvalue weighted by molar-refractivity contribution is -0.134. The summed E-state index contributed by atoms with van der Waals surface area (Å²) in [5.41, 5.74) is -0.0976. The molecule has 1 atom stereocenters. The van der Waals surface area contributed by atoms with Gasteiger partial charge in [0.05, 0.1) is 7.11 Å². The van der Waals surface area contributed by atoms with Gasteiger partial charge in [-0.2, -0.15) is 8.78 Å². The van der Waals surface area contributed by atoms with E-state index >= 15 is 0 Å². The van der Waals surface area contributed by atoms with Gasteiger partial charge in [0, 0.05) is 6.54 Å². The van der Waals surface area contributed by atoms with E-state index in [1.807, 2.05) is 0 Å². The van der Waals surface area contributed by atoms with E-state index in [9.17, 15) is 23.2 Å². The number of imide groups is 1. The van der Waals surface area contributed by atoms with Crippen molar-refractivity contribution >= 4 is 17.8 Å². The van der Waals surface area contributed by atoms with E-state index in [1.165, 1.54) is 25.3 Å². The largest absolute Gasteiger partial charge is 0.493 e. The summed E-state index contributed by atoms with van der Waals surface area (Å²) < 4.78 is 34.2. The molecule has 0 bridgehead atoms. The number of carbonyl (C=O) groups is 3. The molecule has 1 aliphatic rings. The molecule has 10 heteroatoms. The van der Waals surface area contributed by atoms with Crippen LogP contribution in [0.15, 0.2) is 48.5 Å². The summed E-state index contributed by atoms with van der Waals surface area (Å²) in [5, 5.41) is 5.22. The molecule has 0 aromatic heterocycles. The topological polar surface area (TPSA) is 97.0 Å². The van der Waals surface area contributed by atoms with Gasteiger partial charge in [-0.3, -0.25) is 14.5 Å². The van der Waals surface area contributed by atoms with Crippen molar-refractivity contribution < 1.29 is 32.6 Å². The molecule has 1 heterocycles. The van der Waals surface area contributed by atoms with E-state index in [1.54, 1.807) is 37.3 Å². The van der Waals surface area contributed by atoms with Gasteiger partial charge in [-0.05, 0) is 30.2 Å². The molecule has 1 fully saturated rings. The maximum absolute atomic E-state index is 12.8. The molecule has 1 unspecified atom stereocenters. The second-order valence-electron chi connectivity index (χ2n) is 6.95. The third kappa shape index (κ3) is 4.73. The number of halogens is 2. The fraction of sp³-hybridized carbons (Fsp3) is 0.286. The molecule has 31 heavy (non-hydrogen) atoms. The van der Waals surface area contributed by atoms with Crippen LogP contribution < -0.4 is 20.1 Å². The number of hydrogen-bond acceptors (Lipinski definition) is 5. The second-order valence-corrected chi connectivity index (χ2v) is 6.95. The van der Waals surface area contributed by atoms with Crippen LogP contribution in [0.1, 0.15) is 18.1 Å². The van der Waals surface area contributed by atoms with Gasteiger partial charge in [-0.1, -0.05) is 36.4 Å². The fourth-order valence-electron chi connectivity index (χ4n) is 3.22. The highest BCUT2D eigenvalue weighted by atomic mass is 19.3. The molecule has 1 saturated heterocycles. The number of ether oxygens (including phenoxy) is 2. The summed E-state index contributed by atoms with van der Waals surface area (Å²) in [6.45, 7) is -1.85. The third-order valence-electron chi connectivity index (χ3n) is 4.86. The van der Waals surface area contributed by atoms with Crippen LogP contribution in [0.25, 0.3) is 0 Å². The monoisotopic (exact) mass is 433 g/mol. The molecule has 0 aliphatic carbocycles. The summed E-state index contributed by atoms with van der Waals surface area (Å²) in [6.07, 6.45) is 0. The van der Waals surface area contributed by atoms with Crippen LogP contribution in [0.3, 0.4) is 0 Å². The number of nitrogens with zero attached hydrogens (tertiary/aromatic N) is 1. The number of alkyl halides is 2. The van der Waals surface area contributed by atoms with Gasteiger partial charge < -0.3 is 20.1 Å². The molecule has 4 amide bonds. The van der Waals surface area contributed by atoms with Crippen LogP contribution in [0.4, 0.5) is 13.6 Å². The van der Waals surface area contributed by atoms with Crippen molar-refractivity contribution in [1.29, 1.82) is 0 Å². The zero-order valence-corrected chi connectivity index (χ0v) is 16.9. The number of urea groups is 1. The minimum atomic E-state index is -3.00. The molecule has 3 rings (SSSR count). The Bertz CT molecular complexity index is 986. The summed E-state index contributed by atoms with van der Waals surface area (Å²) in [6, 6.07) is 12.3.